The largest absolute Gasteiger partial charge is 0.495 e. The lowest BCUT2D eigenvalue weighted by Gasteiger charge is -2.64. The molecule has 0 aromatic heterocycles. The first-order valence-corrected chi connectivity index (χ1v) is 14.6. The monoisotopic (exact) mass is 636 g/mol. The van der Waals surface area contributed by atoms with Crippen LogP contribution in [0.2, 0.25) is 5.02 Å². The van der Waals surface area contributed by atoms with Crippen LogP contribution in [0.5, 0.6) is 17.2 Å². The summed E-state index contributed by atoms with van der Waals surface area (Å²) >= 11 is 6.46. The molecule has 3 aliphatic carbocycles. The number of hydrogen-bond donors (Lipinski definition) is 3. The first kappa shape index (κ1) is 32.3. The minimum atomic E-state index is -1.51. The molecule has 1 amide bonds. The summed E-state index contributed by atoms with van der Waals surface area (Å²) < 4.78 is 58.0. The molecule has 4 N–H and O–H groups in total. The Morgan fingerprint density at radius 1 is 1.11 bits per heavy atom. The van der Waals surface area contributed by atoms with E-state index in [1.54, 1.807) is 0 Å². The second-order valence-corrected chi connectivity index (χ2v) is 12.8. The molecule has 0 radical (unpaired) electrons. The Labute approximate surface area is 259 Å². The molecule has 2 aromatic carbocycles. The average molecular weight is 637 g/mol. The summed E-state index contributed by atoms with van der Waals surface area (Å²) in [5, 5.41) is 12.4. The van der Waals surface area contributed by atoms with Gasteiger partial charge in [0.15, 0.2) is 17.3 Å². The van der Waals surface area contributed by atoms with Crippen LogP contribution < -0.4 is 25.3 Å². The molecule has 3 saturated carbocycles. The number of hydrogen-bond acceptors (Lipinski definition) is 8. The van der Waals surface area contributed by atoms with E-state index < -0.39 is 53.8 Å². The zero-order chi connectivity index (χ0) is 32.3. The van der Waals surface area contributed by atoms with Crippen molar-refractivity contribution >= 4 is 30.6 Å². The molecule has 1 unspecified atom stereocenters. The van der Waals surface area contributed by atoms with E-state index in [-0.39, 0.29) is 57.3 Å². The maximum Gasteiger partial charge on any atom is 0.482 e. The van der Waals surface area contributed by atoms with E-state index in [4.69, 9.17) is 40.9 Å². The summed E-state index contributed by atoms with van der Waals surface area (Å²) in [5.74, 6) is -4.89. The number of carbonyl (C=O) groups is 2. The highest BCUT2D eigenvalue weighted by atomic mass is 35.5. The van der Waals surface area contributed by atoms with E-state index in [1.807, 2.05) is 6.92 Å². The van der Waals surface area contributed by atoms with Crippen LogP contribution in [-0.4, -0.2) is 63.1 Å². The van der Waals surface area contributed by atoms with E-state index >= 15 is 0 Å². The number of halogens is 3. The maximum absolute atomic E-state index is 14.8. The first-order chi connectivity index (χ1) is 20.7. The molecular formula is C30H36BClF2N2O8. The molecular weight excluding hydrogens is 601 g/mol. The molecule has 1 saturated heterocycles. The van der Waals surface area contributed by atoms with Gasteiger partial charge in [-0.3, -0.25) is 4.79 Å². The third-order valence-corrected chi connectivity index (χ3v) is 10.2. The Hall–Kier alpha value is -3.13. The third kappa shape index (κ3) is 5.07. The van der Waals surface area contributed by atoms with Crippen LogP contribution in [0.4, 0.5) is 8.78 Å². The van der Waals surface area contributed by atoms with E-state index in [1.165, 1.54) is 27.4 Å². The molecule has 238 valence electrons. The Morgan fingerprint density at radius 3 is 2.36 bits per heavy atom. The van der Waals surface area contributed by atoms with Gasteiger partial charge in [0, 0.05) is 5.56 Å². The topological polar surface area (TPSA) is 139 Å². The number of carboxylic acids is 1. The van der Waals surface area contributed by atoms with Gasteiger partial charge in [0.2, 0.25) is 5.91 Å². The zero-order valence-electron chi connectivity index (χ0n) is 25.3. The summed E-state index contributed by atoms with van der Waals surface area (Å²) in [6, 6.07) is 1.94. The highest BCUT2D eigenvalue weighted by molar-refractivity contribution is 6.48. The number of amides is 1. The van der Waals surface area contributed by atoms with E-state index in [0.29, 0.717) is 5.92 Å². The SMILES string of the molecule is COc1c(F)cc(C(N)C(=O)N[C@@H](Cc2ccc(F)c(C(=O)O)c2OC)B2O[C@@H]3C[C@@H]4C[C@@H](C4(C)C)[C@]3(C)O2)c(Cl)c1OC. The van der Waals surface area contributed by atoms with Crippen LogP contribution in [0, 0.1) is 28.9 Å². The molecule has 14 heteroatoms. The summed E-state index contributed by atoms with van der Waals surface area (Å²) in [6.07, 6.45) is 1.47. The fraction of sp³-hybridized carbons (Fsp3) is 0.533. The van der Waals surface area contributed by atoms with Crippen molar-refractivity contribution in [1.82, 2.24) is 5.32 Å². The van der Waals surface area contributed by atoms with Gasteiger partial charge in [0.1, 0.15) is 23.2 Å². The normalized spacial score (nSPS) is 26.2. The highest BCUT2D eigenvalue weighted by Crippen LogP contribution is 2.65. The average Bonchev–Trinajstić information content (AvgIpc) is 3.34. The molecule has 44 heavy (non-hydrogen) atoms. The number of nitrogens with two attached hydrogens (primary N) is 1. The Kier molecular flexibility index (Phi) is 8.56. The van der Waals surface area contributed by atoms with Crippen molar-refractivity contribution in [2.24, 2.45) is 23.0 Å². The number of carbonyl (C=O) groups excluding carboxylic acids is 1. The van der Waals surface area contributed by atoms with Crippen LogP contribution in [0.1, 0.15) is 61.1 Å². The van der Waals surface area contributed by atoms with Gasteiger partial charge in [-0.2, -0.15) is 0 Å². The maximum atomic E-state index is 14.8. The van der Waals surface area contributed by atoms with Crippen LogP contribution in [-0.2, 0) is 20.5 Å². The van der Waals surface area contributed by atoms with Crippen molar-refractivity contribution in [3.8, 4) is 17.2 Å². The molecule has 2 aromatic rings. The van der Waals surface area contributed by atoms with Gasteiger partial charge < -0.3 is 39.7 Å². The van der Waals surface area contributed by atoms with Gasteiger partial charge in [-0.1, -0.05) is 31.5 Å². The van der Waals surface area contributed by atoms with E-state index in [9.17, 15) is 23.5 Å². The third-order valence-electron chi connectivity index (χ3n) is 9.86. The summed E-state index contributed by atoms with van der Waals surface area (Å²) in [6.45, 7) is 6.44. The quantitative estimate of drug-likeness (QED) is 0.325. The number of ether oxygens (including phenoxy) is 3. The van der Waals surface area contributed by atoms with Gasteiger partial charge in [-0.25, -0.2) is 13.6 Å². The molecule has 1 aliphatic heterocycles. The lowest BCUT2D eigenvalue weighted by Crippen LogP contribution is -2.65. The summed E-state index contributed by atoms with van der Waals surface area (Å²) in [5.41, 5.74) is 5.33. The van der Waals surface area contributed by atoms with Crippen molar-refractivity contribution in [3.63, 3.8) is 0 Å². The predicted molar refractivity (Wildman–Crippen MR) is 157 cm³/mol. The van der Waals surface area contributed by atoms with Crippen LogP contribution in [0.3, 0.4) is 0 Å². The van der Waals surface area contributed by atoms with Gasteiger partial charge in [-0.15, -0.1) is 0 Å². The second-order valence-electron chi connectivity index (χ2n) is 12.4. The summed E-state index contributed by atoms with van der Waals surface area (Å²) in [7, 11) is 2.78. The minimum absolute atomic E-state index is 0.0510. The fourth-order valence-corrected chi connectivity index (χ4v) is 7.67. The standard InChI is InChI=1S/C30H36BClF2N2O8/c1-29(2)14-10-18(29)30(3)19(11-14)43-31(44-30)20(9-13-7-8-16(33)21(28(38)39)24(13)40-4)36-27(37)23(35)15-12-17(34)25(41-5)26(42-6)22(15)32/h7-8,12,14,18-20,23H,9-11,35H2,1-6H3,(H,36,37)(H,38,39)/t14-,18-,19+,20-,23?,30-/m0/s1. The number of aromatic carboxylic acids is 1. The van der Waals surface area contributed by atoms with Crippen LogP contribution in [0.25, 0.3) is 0 Å². The number of rotatable bonds is 10. The van der Waals surface area contributed by atoms with Crippen LogP contribution >= 0.6 is 11.6 Å². The lowest BCUT2D eigenvalue weighted by atomic mass is 9.43. The minimum Gasteiger partial charge on any atom is -0.495 e. The fourth-order valence-electron chi connectivity index (χ4n) is 7.34. The number of nitrogens with one attached hydrogen (secondary N) is 1. The van der Waals surface area contributed by atoms with E-state index in [2.05, 4.69) is 19.2 Å². The predicted octanol–water partition coefficient (Wildman–Crippen LogP) is 4.34. The zero-order valence-corrected chi connectivity index (χ0v) is 26.1. The number of carboxylic acid groups (broad SMARTS) is 1. The second kappa shape index (κ2) is 11.7. The van der Waals surface area contributed by atoms with E-state index in [0.717, 1.165) is 25.0 Å². The molecule has 0 spiro atoms. The Morgan fingerprint density at radius 2 is 1.77 bits per heavy atom. The molecule has 4 fully saturated rings. The molecule has 6 atom stereocenters. The number of benzene rings is 2. The Bertz CT molecular complexity index is 1500. The van der Waals surface area contributed by atoms with Crippen molar-refractivity contribution < 1.29 is 47.0 Å². The Balaban J connectivity index is 1.49. The van der Waals surface area contributed by atoms with Gasteiger partial charge in [-0.05, 0) is 61.1 Å². The first-order valence-electron chi connectivity index (χ1n) is 14.3. The highest BCUT2D eigenvalue weighted by Gasteiger charge is 2.68. The van der Waals surface area contributed by atoms with Crippen molar-refractivity contribution in [2.45, 2.75) is 63.7 Å². The van der Waals surface area contributed by atoms with Crippen molar-refractivity contribution in [1.29, 1.82) is 0 Å². The molecule has 1 heterocycles. The molecule has 2 bridgehead atoms. The van der Waals surface area contributed by atoms with Gasteiger partial charge >= 0.3 is 13.1 Å². The van der Waals surface area contributed by atoms with Crippen molar-refractivity contribution in [2.75, 3.05) is 21.3 Å². The molecule has 4 aliphatic rings. The van der Waals surface area contributed by atoms with Gasteiger partial charge in [0.05, 0.1) is 44.0 Å². The number of methoxy groups -OCH3 is 3. The summed E-state index contributed by atoms with van der Waals surface area (Å²) in [4.78, 5) is 25.6. The molecule has 6 rings (SSSR count). The molecule has 10 nitrogen and oxygen atoms in total. The smallest absolute Gasteiger partial charge is 0.482 e. The lowest BCUT2D eigenvalue weighted by molar-refractivity contribution is -0.199. The van der Waals surface area contributed by atoms with Crippen molar-refractivity contribution in [3.05, 3.63) is 51.5 Å². The van der Waals surface area contributed by atoms with Crippen LogP contribution in [0.15, 0.2) is 18.2 Å². The van der Waals surface area contributed by atoms with Gasteiger partial charge in [0.25, 0.3) is 0 Å².